The predicted octanol–water partition coefficient (Wildman–Crippen LogP) is -3.72. The molecule has 0 unspecified atom stereocenters. The van der Waals surface area contributed by atoms with Crippen LogP contribution < -0.4 is 32.3 Å². The van der Waals surface area contributed by atoms with Crippen molar-refractivity contribution in [1.82, 2.24) is 76.4 Å². The van der Waals surface area contributed by atoms with Gasteiger partial charge < -0.3 is 62.3 Å². The largest absolute Gasteiger partial charge is 0.480 e. The molecule has 0 saturated heterocycles. The van der Waals surface area contributed by atoms with Gasteiger partial charge in [0.15, 0.2) is 0 Å². The average Bonchev–Trinajstić information content (AvgIpc) is 4.01. The van der Waals surface area contributed by atoms with Crippen LogP contribution in [0.2, 0.25) is 0 Å². The Morgan fingerprint density at radius 3 is 0.964 bits per heavy atom. The molecule has 0 saturated carbocycles. The zero-order chi connectivity index (χ0) is 39.2. The minimum Gasteiger partial charge on any atom is -0.480 e. The minimum atomic E-state index is -1.40. The molecule has 5 rings (SSSR count). The topological polar surface area (TPSA) is 352 Å². The number of aromatic amines is 5. The summed E-state index contributed by atoms with van der Waals surface area (Å²) in [7, 11) is 0. The second-order valence-corrected chi connectivity index (χ2v) is 12.2. The maximum Gasteiger partial charge on any atom is 0.326 e. The zero-order valence-electron chi connectivity index (χ0n) is 29.1. The van der Waals surface area contributed by atoms with Gasteiger partial charge in [-0.25, -0.2) is 29.7 Å². The summed E-state index contributed by atoms with van der Waals surface area (Å²) in [6.45, 7) is -0.397. The lowest BCUT2D eigenvalue weighted by Gasteiger charge is -2.26. The van der Waals surface area contributed by atoms with Gasteiger partial charge in [-0.2, -0.15) is 0 Å². The number of nitrogens with one attached hydrogen (secondary N) is 10. The molecule has 0 aliphatic carbocycles. The van der Waals surface area contributed by atoms with Crippen LogP contribution in [0, 0.1) is 0 Å². The van der Waals surface area contributed by atoms with E-state index in [1.165, 1.54) is 56.4 Å². The number of carbonyl (C=O) groups excluding carboxylic acids is 5. The van der Waals surface area contributed by atoms with E-state index in [-0.39, 0.29) is 32.1 Å². The molecule has 0 spiro atoms. The average molecular weight is 761 g/mol. The molecule has 13 N–H and O–H groups in total. The highest BCUT2D eigenvalue weighted by Crippen LogP contribution is 2.08. The molecule has 0 aliphatic rings. The molecule has 0 fully saturated rings. The van der Waals surface area contributed by atoms with Crippen LogP contribution >= 0.6 is 0 Å². The van der Waals surface area contributed by atoms with Crippen molar-refractivity contribution in [2.24, 2.45) is 5.73 Å². The van der Waals surface area contributed by atoms with E-state index in [2.05, 4.69) is 76.4 Å². The van der Waals surface area contributed by atoms with Gasteiger partial charge in [-0.05, 0) is 0 Å². The lowest BCUT2D eigenvalue weighted by Crippen LogP contribution is -2.60. The number of carbonyl (C=O) groups is 6. The van der Waals surface area contributed by atoms with Crippen LogP contribution in [0.25, 0.3) is 0 Å². The van der Waals surface area contributed by atoms with Crippen molar-refractivity contribution in [1.29, 1.82) is 0 Å². The zero-order valence-corrected chi connectivity index (χ0v) is 29.1. The van der Waals surface area contributed by atoms with Crippen LogP contribution in [-0.2, 0) is 60.9 Å². The molecule has 5 aromatic rings. The summed E-state index contributed by atoms with van der Waals surface area (Å²) in [5.41, 5.74) is 7.45. The predicted molar refractivity (Wildman–Crippen MR) is 188 cm³/mol. The van der Waals surface area contributed by atoms with Gasteiger partial charge in [0, 0.05) is 63.1 Å². The number of nitrogens with two attached hydrogens (primary N) is 1. The molecular formula is C32H40N16O7. The third-order valence-corrected chi connectivity index (χ3v) is 8.19. The van der Waals surface area contributed by atoms with Gasteiger partial charge in [0.2, 0.25) is 29.5 Å². The van der Waals surface area contributed by atoms with Crippen LogP contribution in [0.3, 0.4) is 0 Å². The van der Waals surface area contributed by atoms with Gasteiger partial charge in [0.05, 0.1) is 66.7 Å². The molecule has 5 heterocycles. The van der Waals surface area contributed by atoms with Crippen LogP contribution in [0.15, 0.2) is 62.6 Å². The summed E-state index contributed by atoms with van der Waals surface area (Å²) in [4.78, 5) is 114. The van der Waals surface area contributed by atoms with E-state index in [0.717, 1.165) is 0 Å². The highest BCUT2D eigenvalue weighted by atomic mass is 16.4. The number of H-pyrrole nitrogens is 5. The third kappa shape index (κ3) is 11.7. The van der Waals surface area contributed by atoms with Crippen molar-refractivity contribution in [3.63, 3.8) is 0 Å². The van der Waals surface area contributed by atoms with Crippen LogP contribution in [0.1, 0.15) is 28.5 Å². The first kappa shape index (κ1) is 39.0. The molecular weight excluding hydrogens is 720 g/mol. The Morgan fingerprint density at radius 2 is 0.727 bits per heavy atom. The van der Waals surface area contributed by atoms with E-state index >= 15 is 0 Å². The Bertz CT molecular complexity index is 1960. The number of imidazole rings is 5. The second-order valence-electron chi connectivity index (χ2n) is 12.2. The Balaban J connectivity index is 1.37. The Hall–Kier alpha value is -7.17. The molecule has 290 valence electrons. The molecule has 5 atom stereocenters. The first-order chi connectivity index (χ1) is 26.6. The van der Waals surface area contributed by atoms with Crippen LogP contribution in [0.4, 0.5) is 0 Å². The van der Waals surface area contributed by atoms with Gasteiger partial charge >= 0.3 is 5.97 Å². The number of nitrogens with zero attached hydrogens (tertiary/aromatic N) is 5. The molecule has 0 bridgehead atoms. The number of hydrogen-bond acceptors (Lipinski definition) is 12. The summed E-state index contributed by atoms with van der Waals surface area (Å²) in [6, 6.07) is -6.64. The summed E-state index contributed by atoms with van der Waals surface area (Å²) in [6.07, 6.45) is 13.9. The Kier molecular flexibility index (Phi) is 13.5. The number of carboxylic acids is 1. The highest BCUT2D eigenvalue weighted by molar-refractivity contribution is 5.96. The SMILES string of the molecule is NCC(=O)N[C@@H](Cc1c[nH]cn1)C(=O)N[C@@H](Cc1c[nH]cn1)C(=O)N[C@@H](Cc1c[nH]cn1)C(=O)N[C@@H](Cc1c[nH]cn1)C(=O)N[C@@H](Cc1c[nH]cn1)C(=O)O. The van der Waals surface area contributed by atoms with E-state index in [9.17, 15) is 33.9 Å². The fraction of sp³-hybridized carbons (Fsp3) is 0.344. The molecule has 55 heavy (non-hydrogen) atoms. The van der Waals surface area contributed by atoms with Gasteiger partial charge in [0.1, 0.15) is 30.2 Å². The molecule has 23 heteroatoms. The van der Waals surface area contributed by atoms with Gasteiger partial charge in [-0.1, -0.05) is 0 Å². The maximum absolute atomic E-state index is 14.1. The van der Waals surface area contributed by atoms with E-state index in [0.29, 0.717) is 28.5 Å². The minimum absolute atomic E-state index is 0.0358. The fourth-order valence-electron chi connectivity index (χ4n) is 5.44. The van der Waals surface area contributed by atoms with Crippen molar-refractivity contribution in [3.8, 4) is 0 Å². The van der Waals surface area contributed by atoms with Crippen LogP contribution in [0.5, 0.6) is 0 Å². The summed E-state index contributed by atoms with van der Waals surface area (Å²) < 4.78 is 0. The number of rotatable bonds is 21. The van der Waals surface area contributed by atoms with E-state index < -0.39 is 72.3 Å². The second kappa shape index (κ2) is 19.1. The normalized spacial score (nSPS) is 13.8. The van der Waals surface area contributed by atoms with Crippen LogP contribution in [-0.4, -0.2) is 127 Å². The molecule has 0 aromatic carbocycles. The van der Waals surface area contributed by atoms with Gasteiger partial charge in [-0.15, -0.1) is 0 Å². The van der Waals surface area contributed by atoms with Crippen molar-refractivity contribution >= 4 is 35.5 Å². The smallest absolute Gasteiger partial charge is 0.326 e. The number of hydrogen-bond donors (Lipinski definition) is 12. The van der Waals surface area contributed by atoms with Gasteiger partial charge in [0.25, 0.3) is 0 Å². The quantitative estimate of drug-likeness (QED) is 0.0343. The number of aliphatic carboxylic acids is 1. The Morgan fingerprint density at radius 1 is 0.473 bits per heavy atom. The fourth-order valence-corrected chi connectivity index (χ4v) is 5.44. The lowest BCUT2D eigenvalue weighted by molar-refractivity contribution is -0.142. The number of aromatic nitrogens is 10. The number of carboxylic acid groups (broad SMARTS) is 1. The maximum atomic E-state index is 14.1. The summed E-state index contributed by atoms with van der Waals surface area (Å²) in [5.74, 6) is -5.17. The molecule has 5 aromatic heterocycles. The molecule has 23 nitrogen and oxygen atoms in total. The first-order valence-corrected chi connectivity index (χ1v) is 16.9. The van der Waals surface area contributed by atoms with E-state index in [4.69, 9.17) is 5.73 Å². The third-order valence-electron chi connectivity index (χ3n) is 8.19. The summed E-state index contributed by atoms with van der Waals surface area (Å²) in [5, 5.41) is 22.8. The number of amides is 5. The Labute approximate surface area is 311 Å². The summed E-state index contributed by atoms with van der Waals surface area (Å²) >= 11 is 0. The van der Waals surface area contributed by atoms with Crippen molar-refractivity contribution in [2.45, 2.75) is 62.3 Å². The van der Waals surface area contributed by atoms with Gasteiger partial charge in [-0.3, -0.25) is 24.0 Å². The molecule has 5 amide bonds. The van der Waals surface area contributed by atoms with Crippen molar-refractivity contribution in [2.75, 3.05) is 6.54 Å². The molecule has 0 aliphatic heterocycles. The monoisotopic (exact) mass is 760 g/mol. The highest BCUT2D eigenvalue weighted by Gasteiger charge is 2.34. The van der Waals surface area contributed by atoms with Crippen molar-refractivity contribution in [3.05, 3.63) is 91.1 Å². The van der Waals surface area contributed by atoms with E-state index in [1.54, 1.807) is 6.20 Å². The lowest BCUT2D eigenvalue weighted by atomic mass is 10.0. The van der Waals surface area contributed by atoms with E-state index in [1.807, 2.05) is 0 Å². The van der Waals surface area contributed by atoms with Crippen molar-refractivity contribution < 1.29 is 33.9 Å². The first-order valence-electron chi connectivity index (χ1n) is 16.9. The standard InChI is InChI=1S/C32H40N16O7/c33-6-27(49)44-22(1-17-7-34-12-39-17)28(50)45-23(2-18-8-35-13-40-18)29(51)46-24(3-19-9-36-14-41-19)30(52)47-25(4-20-10-37-15-42-20)31(53)48-26(32(54)55)5-21-11-38-16-43-21/h7-16,22-26H,1-6,33H2,(H,34,39)(H,35,40)(H,36,41)(H,37,42)(H,38,43)(H,44,49)(H,45,50)(H,46,51)(H,47,52)(H,48,53)(H,54,55)/t22-,23-,24-,25-,26-/m0/s1. The molecule has 0 radical (unpaired) electrons.